The maximum absolute atomic E-state index is 12.2. The van der Waals surface area contributed by atoms with Crippen LogP contribution in [0.5, 0.6) is 0 Å². The van der Waals surface area contributed by atoms with E-state index in [1.54, 1.807) is 13.8 Å². The zero-order valence-electron chi connectivity index (χ0n) is 18.5. The second kappa shape index (κ2) is 10.8. The molecule has 0 bridgehead atoms. The molecule has 7 nitrogen and oxygen atoms in total. The number of carbonyl (C=O) groups is 3. The number of amides is 2. The van der Waals surface area contributed by atoms with E-state index in [0.717, 1.165) is 11.1 Å². The first-order chi connectivity index (χ1) is 15.4. The molecule has 2 unspecified atom stereocenters. The summed E-state index contributed by atoms with van der Waals surface area (Å²) in [7, 11) is 0. The van der Waals surface area contributed by atoms with Crippen LogP contribution in [0, 0.1) is 11.8 Å². The summed E-state index contributed by atoms with van der Waals surface area (Å²) < 4.78 is 5.48. The fourth-order valence-electron chi connectivity index (χ4n) is 3.90. The van der Waals surface area contributed by atoms with E-state index in [1.165, 1.54) is 11.1 Å². The topological polar surface area (TPSA) is 105 Å². The molecular weight excluding hydrogens is 408 g/mol. The number of fused-ring (bicyclic) bond motifs is 3. The molecule has 0 saturated carbocycles. The first-order valence-corrected chi connectivity index (χ1v) is 11.0. The summed E-state index contributed by atoms with van der Waals surface area (Å²) >= 11 is 0. The SMILES string of the molecule is CC(CCCNC(=O)C(C)CNC(=O)OCC1c2ccccc2-c2ccccc21)C(=O)O. The Hall–Kier alpha value is -3.35. The number of benzene rings is 2. The molecule has 2 atom stereocenters. The number of hydrogen-bond acceptors (Lipinski definition) is 4. The van der Waals surface area contributed by atoms with Gasteiger partial charge < -0.3 is 20.5 Å². The van der Waals surface area contributed by atoms with Crippen molar-refractivity contribution in [2.24, 2.45) is 11.8 Å². The number of rotatable bonds is 10. The molecular formula is C25H30N2O5. The number of nitrogens with one attached hydrogen (secondary N) is 2. The number of alkyl carbamates (subject to hydrolysis) is 1. The molecule has 1 aliphatic rings. The second-order valence-electron chi connectivity index (χ2n) is 8.28. The van der Waals surface area contributed by atoms with Crippen molar-refractivity contribution in [3.63, 3.8) is 0 Å². The average molecular weight is 439 g/mol. The van der Waals surface area contributed by atoms with Crippen molar-refractivity contribution >= 4 is 18.0 Å². The average Bonchev–Trinajstić information content (AvgIpc) is 3.12. The molecule has 0 aliphatic heterocycles. The van der Waals surface area contributed by atoms with Gasteiger partial charge in [-0.1, -0.05) is 62.4 Å². The quantitative estimate of drug-likeness (QED) is 0.490. The molecule has 2 amide bonds. The van der Waals surface area contributed by atoms with E-state index >= 15 is 0 Å². The lowest BCUT2D eigenvalue weighted by Gasteiger charge is -2.16. The third-order valence-electron chi connectivity index (χ3n) is 5.88. The van der Waals surface area contributed by atoms with Crippen LogP contribution in [0.15, 0.2) is 48.5 Å². The number of ether oxygens (including phenoxy) is 1. The van der Waals surface area contributed by atoms with Crippen molar-refractivity contribution in [2.45, 2.75) is 32.6 Å². The first-order valence-electron chi connectivity index (χ1n) is 11.0. The van der Waals surface area contributed by atoms with Gasteiger partial charge in [0.2, 0.25) is 5.91 Å². The molecule has 0 spiro atoms. The lowest BCUT2D eigenvalue weighted by Crippen LogP contribution is -2.38. The summed E-state index contributed by atoms with van der Waals surface area (Å²) in [5.41, 5.74) is 4.62. The Morgan fingerprint density at radius 1 is 0.938 bits per heavy atom. The minimum atomic E-state index is -0.836. The molecule has 170 valence electrons. The van der Waals surface area contributed by atoms with Crippen LogP contribution in [0.3, 0.4) is 0 Å². The fourth-order valence-corrected chi connectivity index (χ4v) is 3.90. The van der Waals surface area contributed by atoms with Gasteiger partial charge in [0, 0.05) is 19.0 Å². The standard InChI is InChI=1S/C25H30N2O5/c1-16(24(29)30)8-7-13-26-23(28)17(2)14-27-25(31)32-15-22-20-11-5-3-9-18(20)19-10-4-6-12-21(19)22/h3-6,9-12,16-17,22H,7-8,13-15H2,1-2H3,(H,26,28)(H,27,31)(H,29,30). The zero-order valence-corrected chi connectivity index (χ0v) is 18.5. The highest BCUT2D eigenvalue weighted by Gasteiger charge is 2.29. The monoisotopic (exact) mass is 438 g/mol. The highest BCUT2D eigenvalue weighted by molar-refractivity contribution is 5.80. The molecule has 0 radical (unpaired) electrons. The highest BCUT2D eigenvalue weighted by Crippen LogP contribution is 2.44. The van der Waals surface area contributed by atoms with Crippen molar-refractivity contribution in [1.29, 1.82) is 0 Å². The normalized spacial score (nSPS) is 14.1. The molecule has 32 heavy (non-hydrogen) atoms. The number of aliphatic carboxylic acids is 1. The Kier molecular flexibility index (Phi) is 7.87. The lowest BCUT2D eigenvalue weighted by molar-refractivity contribution is -0.141. The van der Waals surface area contributed by atoms with Gasteiger partial charge in [-0.05, 0) is 35.1 Å². The fraction of sp³-hybridized carbons (Fsp3) is 0.400. The van der Waals surface area contributed by atoms with E-state index < -0.39 is 23.9 Å². The van der Waals surface area contributed by atoms with E-state index in [4.69, 9.17) is 9.84 Å². The van der Waals surface area contributed by atoms with E-state index in [9.17, 15) is 14.4 Å². The number of carboxylic acids is 1. The molecule has 0 saturated heterocycles. The van der Waals surface area contributed by atoms with Crippen LogP contribution in [0.1, 0.15) is 43.7 Å². The van der Waals surface area contributed by atoms with E-state index in [-0.39, 0.29) is 25.0 Å². The van der Waals surface area contributed by atoms with Gasteiger partial charge in [-0.2, -0.15) is 0 Å². The van der Waals surface area contributed by atoms with Gasteiger partial charge in [0.15, 0.2) is 0 Å². The van der Waals surface area contributed by atoms with E-state index in [1.807, 2.05) is 24.3 Å². The summed E-state index contributed by atoms with van der Waals surface area (Å²) in [6.45, 7) is 4.16. The Morgan fingerprint density at radius 2 is 1.53 bits per heavy atom. The lowest BCUT2D eigenvalue weighted by atomic mass is 9.98. The zero-order chi connectivity index (χ0) is 23.1. The van der Waals surface area contributed by atoms with Gasteiger partial charge in [-0.3, -0.25) is 9.59 Å². The Morgan fingerprint density at radius 3 is 2.12 bits per heavy atom. The third-order valence-corrected chi connectivity index (χ3v) is 5.88. The van der Waals surface area contributed by atoms with Crippen LogP contribution < -0.4 is 10.6 Å². The Labute approximate surface area is 188 Å². The maximum atomic E-state index is 12.2. The van der Waals surface area contributed by atoms with Gasteiger partial charge >= 0.3 is 12.1 Å². The second-order valence-corrected chi connectivity index (χ2v) is 8.28. The van der Waals surface area contributed by atoms with Gasteiger partial charge in [0.25, 0.3) is 0 Å². The Balaban J connectivity index is 1.42. The van der Waals surface area contributed by atoms with Crippen molar-refractivity contribution < 1.29 is 24.2 Å². The summed E-state index contributed by atoms with van der Waals surface area (Å²) in [5.74, 6) is -1.89. The number of carbonyl (C=O) groups excluding carboxylic acids is 2. The molecule has 2 aromatic rings. The van der Waals surface area contributed by atoms with Crippen LogP contribution in [0.4, 0.5) is 4.79 Å². The summed E-state index contributed by atoms with van der Waals surface area (Å²) in [6.07, 6.45) is 0.537. The van der Waals surface area contributed by atoms with Gasteiger partial charge in [0.05, 0.1) is 11.8 Å². The van der Waals surface area contributed by atoms with Crippen LogP contribution >= 0.6 is 0 Å². The third kappa shape index (κ3) is 5.66. The molecule has 1 aliphatic carbocycles. The van der Waals surface area contributed by atoms with Crippen molar-refractivity contribution in [3.05, 3.63) is 59.7 Å². The smallest absolute Gasteiger partial charge is 0.407 e. The summed E-state index contributed by atoms with van der Waals surface area (Å²) in [5, 5.41) is 14.3. The predicted molar refractivity (Wildman–Crippen MR) is 121 cm³/mol. The summed E-state index contributed by atoms with van der Waals surface area (Å²) in [6, 6.07) is 16.3. The predicted octanol–water partition coefficient (Wildman–Crippen LogP) is 3.78. The minimum absolute atomic E-state index is 0.0120. The highest BCUT2D eigenvalue weighted by atomic mass is 16.5. The maximum Gasteiger partial charge on any atom is 0.407 e. The molecule has 0 heterocycles. The van der Waals surface area contributed by atoms with Crippen LogP contribution in [0.25, 0.3) is 11.1 Å². The van der Waals surface area contributed by atoms with Crippen molar-refractivity contribution in [1.82, 2.24) is 10.6 Å². The van der Waals surface area contributed by atoms with Crippen LogP contribution in [-0.2, 0) is 14.3 Å². The molecule has 3 rings (SSSR count). The molecule has 3 N–H and O–H groups in total. The largest absolute Gasteiger partial charge is 0.481 e. The van der Waals surface area contributed by atoms with Crippen LogP contribution in [-0.4, -0.2) is 42.8 Å². The number of carboxylic acid groups (broad SMARTS) is 1. The van der Waals surface area contributed by atoms with Gasteiger partial charge in [0.1, 0.15) is 6.61 Å². The minimum Gasteiger partial charge on any atom is -0.481 e. The van der Waals surface area contributed by atoms with Crippen LogP contribution in [0.2, 0.25) is 0 Å². The Bertz CT molecular complexity index is 929. The van der Waals surface area contributed by atoms with Crippen molar-refractivity contribution in [2.75, 3.05) is 19.7 Å². The summed E-state index contributed by atoms with van der Waals surface area (Å²) in [4.78, 5) is 35.2. The van der Waals surface area contributed by atoms with E-state index in [2.05, 4.69) is 34.9 Å². The molecule has 0 aromatic heterocycles. The van der Waals surface area contributed by atoms with Gasteiger partial charge in [-0.15, -0.1) is 0 Å². The molecule has 7 heteroatoms. The van der Waals surface area contributed by atoms with Crippen molar-refractivity contribution in [3.8, 4) is 11.1 Å². The number of hydrogen-bond donors (Lipinski definition) is 3. The first kappa shape index (κ1) is 23.3. The van der Waals surface area contributed by atoms with Gasteiger partial charge in [-0.25, -0.2) is 4.79 Å². The molecule has 0 fully saturated rings. The molecule has 2 aromatic carbocycles. The van der Waals surface area contributed by atoms with E-state index in [0.29, 0.717) is 19.4 Å².